The number of benzene rings is 4. The minimum absolute atomic E-state index is 0.0147. The van der Waals surface area contributed by atoms with Crippen molar-refractivity contribution >= 4 is 17.4 Å². The van der Waals surface area contributed by atoms with Gasteiger partial charge in [-0.25, -0.2) is 8.78 Å². The molecule has 4 aromatic rings. The van der Waals surface area contributed by atoms with Crippen LogP contribution in [0.25, 0.3) is 11.1 Å². The van der Waals surface area contributed by atoms with E-state index in [4.69, 9.17) is 0 Å². The molecule has 4 aromatic carbocycles. The van der Waals surface area contributed by atoms with Crippen LogP contribution in [0.5, 0.6) is 0 Å². The lowest BCUT2D eigenvalue weighted by Gasteiger charge is -2.37. The highest BCUT2D eigenvalue weighted by Crippen LogP contribution is 2.34. The summed E-state index contributed by atoms with van der Waals surface area (Å²) in [6.45, 7) is 6.18. The van der Waals surface area contributed by atoms with Crippen molar-refractivity contribution < 1.29 is 18.4 Å². The number of nitrogens with zero attached hydrogens (tertiary/aromatic N) is 1. The van der Waals surface area contributed by atoms with E-state index in [1.165, 1.54) is 23.8 Å². The van der Waals surface area contributed by atoms with E-state index >= 15 is 0 Å². The summed E-state index contributed by atoms with van der Waals surface area (Å²) in [4.78, 5) is 28.2. The van der Waals surface area contributed by atoms with Gasteiger partial charge < -0.3 is 5.32 Å². The summed E-state index contributed by atoms with van der Waals surface area (Å²) in [5.41, 5.74) is 4.63. The normalized spacial score (nSPS) is 15.1. The monoisotopic (exact) mass is 564 g/mol. The van der Waals surface area contributed by atoms with Gasteiger partial charge in [0.25, 0.3) is 11.8 Å². The van der Waals surface area contributed by atoms with Gasteiger partial charge in [-0.05, 0) is 78.4 Å². The first-order valence-electron chi connectivity index (χ1n) is 14.2. The first-order valence-corrected chi connectivity index (χ1v) is 14.2. The Morgan fingerprint density at radius 2 is 1.50 bits per heavy atom. The van der Waals surface area contributed by atoms with Gasteiger partial charge >= 0.3 is 0 Å². The molecule has 1 aliphatic heterocycles. The topological polar surface area (TPSA) is 49.4 Å². The summed E-state index contributed by atoms with van der Waals surface area (Å²) in [7, 11) is 0. The third-order valence-corrected chi connectivity index (χ3v) is 8.00. The molecule has 4 nitrogen and oxygen atoms in total. The third-order valence-electron chi connectivity index (χ3n) is 8.00. The highest BCUT2D eigenvalue weighted by Gasteiger charge is 2.30. The van der Waals surface area contributed by atoms with Gasteiger partial charge in [-0.1, -0.05) is 91.5 Å². The van der Waals surface area contributed by atoms with Gasteiger partial charge in [0.05, 0.1) is 6.04 Å². The third kappa shape index (κ3) is 6.55. The van der Waals surface area contributed by atoms with Gasteiger partial charge in [0.15, 0.2) is 5.78 Å². The number of hydrogen-bond acceptors (Lipinski definition) is 3. The Kier molecular flexibility index (Phi) is 8.74. The van der Waals surface area contributed by atoms with Gasteiger partial charge in [0.1, 0.15) is 0 Å². The zero-order chi connectivity index (χ0) is 29.7. The Morgan fingerprint density at radius 3 is 2.12 bits per heavy atom. The SMILES string of the molecule is C=CC(=O)C(c1ccccc1)N1CCC(c2ccc(NC(=O)c3ccccc3-c3ccc(C(C)(F)F)cc3)cc2)CC1. The largest absolute Gasteiger partial charge is 0.322 e. The number of ketones is 1. The fraction of sp³-hybridized carbons (Fsp3) is 0.222. The maximum absolute atomic E-state index is 13.7. The lowest BCUT2D eigenvalue weighted by molar-refractivity contribution is -0.120. The number of carbonyl (C=O) groups is 2. The summed E-state index contributed by atoms with van der Waals surface area (Å²) < 4.78 is 27.3. The lowest BCUT2D eigenvalue weighted by atomic mass is 9.87. The summed E-state index contributed by atoms with van der Waals surface area (Å²) in [5.74, 6) is -2.81. The molecule has 1 unspecified atom stereocenters. The first-order chi connectivity index (χ1) is 20.2. The molecule has 0 aromatic heterocycles. The van der Waals surface area contributed by atoms with Crippen LogP contribution in [0.4, 0.5) is 14.5 Å². The summed E-state index contributed by atoms with van der Waals surface area (Å²) in [6.07, 6.45) is 3.27. The predicted octanol–water partition coefficient (Wildman–Crippen LogP) is 8.39. The van der Waals surface area contributed by atoms with Crippen LogP contribution in [-0.4, -0.2) is 29.7 Å². The lowest BCUT2D eigenvalue weighted by Crippen LogP contribution is -2.39. The Bertz CT molecular complexity index is 1540. The number of carbonyl (C=O) groups excluding carboxylic acids is 2. The molecule has 5 rings (SSSR count). The van der Waals surface area contributed by atoms with E-state index in [-0.39, 0.29) is 23.3 Å². The summed E-state index contributed by atoms with van der Waals surface area (Å²) in [6, 6.07) is 30.6. The van der Waals surface area contributed by atoms with Crippen LogP contribution in [0.15, 0.2) is 116 Å². The Labute approximate surface area is 245 Å². The Morgan fingerprint density at radius 1 is 0.881 bits per heavy atom. The van der Waals surface area contributed by atoms with E-state index < -0.39 is 5.92 Å². The molecule has 1 atom stereocenters. The molecular formula is C36H34F2N2O2. The molecule has 0 aliphatic carbocycles. The van der Waals surface area contributed by atoms with Gasteiger partial charge in [-0.15, -0.1) is 0 Å². The number of nitrogens with one attached hydrogen (secondary N) is 1. The molecule has 0 bridgehead atoms. The van der Waals surface area contributed by atoms with Crippen molar-refractivity contribution in [2.75, 3.05) is 18.4 Å². The highest BCUT2D eigenvalue weighted by atomic mass is 19.3. The van der Waals surface area contributed by atoms with Crippen molar-refractivity contribution in [1.29, 1.82) is 0 Å². The highest BCUT2D eigenvalue weighted by molar-refractivity contribution is 6.08. The standard InChI is InChI=1S/C36H34F2N2O2/c1-3-33(41)34(28-9-5-4-6-10-28)40-23-21-26(22-24-40)25-15-19-30(20-16-25)39-35(42)32-12-8-7-11-31(32)27-13-17-29(18-14-27)36(2,37)38/h3-20,26,34H,1,21-24H2,2H3,(H,39,42). The second kappa shape index (κ2) is 12.6. The van der Waals surface area contributed by atoms with Gasteiger partial charge in [0.2, 0.25) is 0 Å². The van der Waals surface area contributed by atoms with Crippen molar-refractivity contribution in [2.45, 2.75) is 37.6 Å². The quantitative estimate of drug-likeness (QED) is 0.208. The molecule has 6 heteroatoms. The molecule has 42 heavy (non-hydrogen) atoms. The number of anilines is 1. The molecule has 0 spiro atoms. The number of piperidine rings is 1. The zero-order valence-electron chi connectivity index (χ0n) is 23.6. The van der Waals surface area contributed by atoms with Crippen LogP contribution in [0.2, 0.25) is 0 Å². The van der Waals surface area contributed by atoms with E-state index in [0.717, 1.165) is 38.4 Å². The van der Waals surface area contributed by atoms with Gasteiger partial charge in [-0.2, -0.15) is 0 Å². The molecule has 214 valence electrons. The van der Waals surface area contributed by atoms with Gasteiger partial charge in [0, 0.05) is 23.7 Å². The molecule has 1 heterocycles. The van der Waals surface area contributed by atoms with Crippen molar-refractivity contribution in [1.82, 2.24) is 4.90 Å². The molecule has 1 fully saturated rings. The van der Waals surface area contributed by atoms with E-state index in [2.05, 4.69) is 28.9 Å². The van der Waals surface area contributed by atoms with Crippen LogP contribution < -0.4 is 5.32 Å². The number of halogens is 2. The molecule has 1 N–H and O–H groups in total. The van der Waals surface area contributed by atoms with Crippen molar-refractivity contribution in [3.8, 4) is 11.1 Å². The fourth-order valence-electron chi connectivity index (χ4n) is 5.71. The number of rotatable bonds is 9. The van der Waals surface area contributed by atoms with Gasteiger partial charge in [-0.3, -0.25) is 14.5 Å². The van der Waals surface area contributed by atoms with Crippen LogP contribution in [-0.2, 0) is 10.7 Å². The van der Waals surface area contributed by atoms with E-state index in [0.29, 0.717) is 28.3 Å². The van der Waals surface area contributed by atoms with Crippen LogP contribution in [0, 0.1) is 0 Å². The molecule has 1 saturated heterocycles. The molecule has 1 amide bonds. The van der Waals surface area contributed by atoms with Crippen molar-refractivity contribution in [3.63, 3.8) is 0 Å². The van der Waals surface area contributed by atoms with Crippen LogP contribution in [0.1, 0.15) is 58.8 Å². The van der Waals surface area contributed by atoms with E-state index in [9.17, 15) is 18.4 Å². The number of hydrogen-bond donors (Lipinski definition) is 1. The molecule has 1 aliphatic rings. The maximum atomic E-state index is 13.7. The van der Waals surface area contributed by atoms with E-state index in [1.54, 1.807) is 24.3 Å². The second-order valence-corrected chi connectivity index (χ2v) is 10.8. The number of likely N-dealkylation sites (tertiary alicyclic amines) is 1. The minimum atomic E-state index is -2.92. The zero-order valence-corrected chi connectivity index (χ0v) is 23.6. The summed E-state index contributed by atoms with van der Waals surface area (Å²) in [5, 5.41) is 2.98. The second-order valence-electron chi connectivity index (χ2n) is 10.8. The van der Waals surface area contributed by atoms with Crippen LogP contribution in [0.3, 0.4) is 0 Å². The average molecular weight is 565 g/mol. The predicted molar refractivity (Wildman–Crippen MR) is 164 cm³/mol. The van der Waals surface area contributed by atoms with Crippen molar-refractivity contribution in [2.24, 2.45) is 0 Å². The molecule has 0 saturated carbocycles. The van der Waals surface area contributed by atoms with E-state index in [1.807, 2.05) is 54.6 Å². The first kappa shape index (κ1) is 29.1. The Balaban J connectivity index is 1.23. The smallest absolute Gasteiger partial charge is 0.270 e. The number of amides is 1. The molecular weight excluding hydrogens is 530 g/mol. The average Bonchev–Trinajstić information content (AvgIpc) is 3.02. The Hall–Kier alpha value is -4.42. The van der Waals surface area contributed by atoms with Crippen molar-refractivity contribution in [3.05, 3.63) is 138 Å². The number of alkyl halides is 2. The minimum Gasteiger partial charge on any atom is -0.322 e. The molecule has 0 radical (unpaired) electrons. The maximum Gasteiger partial charge on any atom is 0.270 e. The fourth-order valence-corrected chi connectivity index (χ4v) is 5.71. The van der Waals surface area contributed by atoms with Crippen LogP contribution >= 0.6 is 0 Å². The summed E-state index contributed by atoms with van der Waals surface area (Å²) >= 11 is 0.